The highest BCUT2D eigenvalue weighted by molar-refractivity contribution is 6.30. The van der Waals surface area contributed by atoms with E-state index in [1.54, 1.807) is 4.90 Å². The summed E-state index contributed by atoms with van der Waals surface area (Å²) in [5.41, 5.74) is 7.48. The molecule has 210 valence electrons. The molecule has 0 aromatic heterocycles. The van der Waals surface area contributed by atoms with Crippen LogP contribution in [0.1, 0.15) is 44.7 Å². The fraction of sp³-hybridized carbons (Fsp3) is 0.483. The van der Waals surface area contributed by atoms with Crippen molar-refractivity contribution in [2.75, 3.05) is 38.5 Å². The van der Waals surface area contributed by atoms with Crippen LogP contribution in [-0.2, 0) is 17.6 Å². The van der Waals surface area contributed by atoms with Gasteiger partial charge >= 0.3 is 6.03 Å². The zero-order chi connectivity index (χ0) is 28.2. The number of hydrazine groups is 1. The number of anilines is 1. The number of amides is 3. The molecular formula is C29H39ClN6O3. The van der Waals surface area contributed by atoms with Crippen molar-refractivity contribution in [1.82, 2.24) is 19.8 Å². The molecule has 1 fully saturated rings. The van der Waals surface area contributed by atoms with E-state index in [2.05, 4.69) is 0 Å². The number of hydrogen-bond donors (Lipinski definition) is 2. The third-order valence-corrected chi connectivity index (χ3v) is 7.78. The number of aliphatic imine (C=N–C) groups is 1. The minimum Gasteiger partial charge on any atom is -0.399 e. The van der Waals surface area contributed by atoms with E-state index in [1.807, 2.05) is 79.3 Å². The van der Waals surface area contributed by atoms with Crippen LogP contribution in [-0.4, -0.2) is 87.2 Å². The number of benzene rings is 2. The second-order valence-electron chi connectivity index (χ2n) is 10.00. The number of imide groups is 1. The number of hydrogen-bond acceptors (Lipinski definition) is 7. The molecule has 9 nitrogen and oxygen atoms in total. The maximum atomic E-state index is 14.2. The molecule has 2 atom stereocenters. The molecule has 2 unspecified atom stereocenters. The number of carbonyl (C=O) groups is 2. The maximum absolute atomic E-state index is 14.2. The van der Waals surface area contributed by atoms with Crippen LogP contribution in [0, 0.1) is 0 Å². The van der Waals surface area contributed by atoms with Crippen molar-refractivity contribution in [1.29, 1.82) is 0 Å². The predicted molar refractivity (Wildman–Crippen MR) is 154 cm³/mol. The standard InChI is InChI=1S/C29H39ClN6O3/c1-4-15-34-27(38)26-29(5-2,35(28(34)39)16-14-21-10-12-24(31)13-11-21)32-25(36(26)33(6-3)17-18-37)20-22-8-7-9-23(30)19-22/h7-13,19,26,37H,4-6,14-18,20,31H2,1-3H3. The van der Waals surface area contributed by atoms with E-state index in [0.717, 1.165) is 11.1 Å². The van der Waals surface area contributed by atoms with Gasteiger partial charge in [0.2, 0.25) is 0 Å². The Morgan fingerprint density at radius 1 is 1.08 bits per heavy atom. The lowest BCUT2D eigenvalue weighted by Gasteiger charge is -2.51. The van der Waals surface area contributed by atoms with E-state index < -0.39 is 11.7 Å². The second-order valence-corrected chi connectivity index (χ2v) is 10.4. The summed E-state index contributed by atoms with van der Waals surface area (Å²) in [7, 11) is 0. The van der Waals surface area contributed by atoms with Gasteiger partial charge < -0.3 is 10.8 Å². The quantitative estimate of drug-likeness (QED) is 0.387. The number of carbonyl (C=O) groups excluding carboxylic acids is 2. The summed E-state index contributed by atoms with van der Waals surface area (Å²) in [5, 5.41) is 14.4. The van der Waals surface area contributed by atoms with Crippen molar-refractivity contribution in [2.45, 2.75) is 58.2 Å². The summed E-state index contributed by atoms with van der Waals surface area (Å²) in [6.07, 6.45) is 2.15. The van der Waals surface area contributed by atoms with Crippen molar-refractivity contribution in [3.05, 3.63) is 64.7 Å². The summed E-state index contributed by atoms with van der Waals surface area (Å²) in [4.78, 5) is 36.5. The first-order chi connectivity index (χ1) is 18.8. The molecule has 3 N–H and O–H groups in total. The van der Waals surface area contributed by atoms with Crippen molar-refractivity contribution in [2.24, 2.45) is 4.99 Å². The summed E-state index contributed by atoms with van der Waals surface area (Å²) < 4.78 is 0. The van der Waals surface area contributed by atoms with Crippen LogP contribution in [0.15, 0.2) is 53.5 Å². The number of nitrogens with zero attached hydrogens (tertiary/aromatic N) is 5. The first kappa shape index (κ1) is 28.9. The Morgan fingerprint density at radius 3 is 2.44 bits per heavy atom. The van der Waals surface area contributed by atoms with Gasteiger partial charge in [0, 0.05) is 43.3 Å². The van der Waals surface area contributed by atoms with Crippen LogP contribution in [0.5, 0.6) is 0 Å². The number of urea groups is 1. The van der Waals surface area contributed by atoms with Gasteiger partial charge in [-0.05, 0) is 54.7 Å². The van der Waals surface area contributed by atoms with Crippen molar-refractivity contribution in [3.8, 4) is 0 Å². The molecule has 4 rings (SSSR count). The molecule has 0 radical (unpaired) electrons. The molecule has 10 heteroatoms. The van der Waals surface area contributed by atoms with Gasteiger partial charge in [-0.3, -0.25) is 19.6 Å². The highest BCUT2D eigenvalue weighted by Crippen LogP contribution is 2.42. The van der Waals surface area contributed by atoms with Crippen LogP contribution < -0.4 is 5.73 Å². The Labute approximate surface area is 235 Å². The van der Waals surface area contributed by atoms with Gasteiger partial charge in [0.15, 0.2) is 11.7 Å². The number of rotatable bonds is 12. The number of halogens is 1. The van der Waals surface area contributed by atoms with Gasteiger partial charge in [0.1, 0.15) is 5.84 Å². The van der Waals surface area contributed by atoms with E-state index >= 15 is 0 Å². The van der Waals surface area contributed by atoms with E-state index in [9.17, 15) is 14.7 Å². The summed E-state index contributed by atoms with van der Waals surface area (Å²) in [6.45, 7) is 7.47. The Morgan fingerprint density at radius 2 is 1.82 bits per heavy atom. The van der Waals surface area contributed by atoms with Crippen LogP contribution >= 0.6 is 11.6 Å². The topological polar surface area (TPSA) is 106 Å². The van der Waals surface area contributed by atoms with E-state index in [-0.39, 0.29) is 18.5 Å². The normalized spacial score (nSPS) is 21.1. The lowest BCUT2D eigenvalue weighted by molar-refractivity contribution is -0.151. The van der Waals surface area contributed by atoms with Crippen molar-refractivity contribution in [3.63, 3.8) is 0 Å². The molecule has 2 aromatic rings. The van der Waals surface area contributed by atoms with Crippen LogP contribution in [0.4, 0.5) is 10.5 Å². The lowest BCUT2D eigenvalue weighted by Crippen LogP contribution is -2.74. The molecule has 0 spiro atoms. The van der Waals surface area contributed by atoms with Crippen molar-refractivity contribution >= 4 is 35.1 Å². The summed E-state index contributed by atoms with van der Waals surface area (Å²) in [6, 6.07) is 14.2. The predicted octanol–water partition coefficient (Wildman–Crippen LogP) is 3.80. The van der Waals surface area contributed by atoms with Gasteiger partial charge in [0.05, 0.1) is 6.61 Å². The molecule has 1 saturated heterocycles. The van der Waals surface area contributed by atoms with E-state index in [4.69, 9.17) is 22.3 Å². The molecule has 2 aliphatic heterocycles. The largest absolute Gasteiger partial charge is 0.399 e. The maximum Gasteiger partial charge on any atom is 0.328 e. The third kappa shape index (κ3) is 5.62. The van der Waals surface area contributed by atoms with Crippen molar-refractivity contribution < 1.29 is 14.7 Å². The number of aliphatic hydroxyl groups excluding tert-OH is 1. The monoisotopic (exact) mass is 554 g/mol. The molecular weight excluding hydrogens is 516 g/mol. The fourth-order valence-electron chi connectivity index (χ4n) is 5.66. The zero-order valence-corrected chi connectivity index (χ0v) is 23.8. The average molecular weight is 555 g/mol. The Kier molecular flexibility index (Phi) is 9.15. The number of nitrogen functional groups attached to an aromatic ring is 1. The molecule has 0 bridgehead atoms. The molecule has 2 aromatic carbocycles. The molecule has 39 heavy (non-hydrogen) atoms. The molecule has 3 amide bonds. The van der Waals surface area contributed by atoms with Gasteiger partial charge in [-0.15, -0.1) is 0 Å². The van der Waals surface area contributed by atoms with E-state index in [1.165, 1.54) is 4.90 Å². The lowest BCUT2D eigenvalue weighted by atomic mass is 9.91. The first-order valence-electron chi connectivity index (χ1n) is 13.7. The van der Waals surface area contributed by atoms with Crippen LogP contribution in [0.2, 0.25) is 5.02 Å². The van der Waals surface area contributed by atoms with Gasteiger partial charge in [-0.25, -0.2) is 14.8 Å². The Balaban J connectivity index is 1.81. The van der Waals surface area contributed by atoms with Crippen LogP contribution in [0.3, 0.4) is 0 Å². The summed E-state index contributed by atoms with van der Waals surface area (Å²) in [5.74, 6) is 0.421. The summed E-state index contributed by atoms with van der Waals surface area (Å²) >= 11 is 6.29. The third-order valence-electron chi connectivity index (χ3n) is 7.55. The SMILES string of the molecule is CCCN1C(=O)C2N(N(CC)CCO)C(Cc3cccc(Cl)c3)=NC2(CC)N(CCc2ccc(N)cc2)C1=O. The average Bonchev–Trinajstić information content (AvgIpc) is 3.25. The number of fused-ring (bicyclic) bond motifs is 1. The number of amidine groups is 1. The molecule has 0 saturated carbocycles. The highest BCUT2D eigenvalue weighted by atomic mass is 35.5. The Bertz CT molecular complexity index is 1210. The minimum absolute atomic E-state index is 0.0761. The van der Waals surface area contributed by atoms with Crippen LogP contribution in [0.25, 0.3) is 0 Å². The molecule has 2 heterocycles. The zero-order valence-electron chi connectivity index (χ0n) is 23.0. The molecule has 2 aliphatic rings. The Hall–Kier alpha value is -3.14. The van der Waals surface area contributed by atoms with Gasteiger partial charge in [-0.1, -0.05) is 56.6 Å². The molecule has 0 aliphatic carbocycles. The number of nitrogens with two attached hydrogens (primary N) is 1. The first-order valence-corrected chi connectivity index (χ1v) is 14.1. The highest BCUT2D eigenvalue weighted by Gasteiger charge is 2.62. The minimum atomic E-state index is -1.08. The van der Waals surface area contributed by atoms with E-state index in [0.29, 0.717) is 68.4 Å². The number of aliphatic hydroxyl groups is 1. The second kappa shape index (κ2) is 12.4. The van der Waals surface area contributed by atoms with Gasteiger partial charge in [-0.2, -0.15) is 0 Å². The fourth-order valence-corrected chi connectivity index (χ4v) is 5.87. The number of likely N-dealkylation sites (N-methyl/N-ethyl adjacent to an activating group) is 1. The smallest absolute Gasteiger partial charge is 0.328 e. The van der Waals surface area contributed by atoms with Gasteiger partial charge in [0.25, 0.3) is 5.91 Å².